The van der Waals surface area contributed by atoms with Gasteiger partial charge in [0.1, 0.15) is 16.7 Å². The van der Waals surface area contributed by atoms with E-state index in [4.69, 9.17) is 8.83 Å². The molecule has 10 aromatic carbocycles. The lowest BCUT2D eigenvalue weighted by Crippen LogP contribution is -2.10. The summed E-state index contributed by atoms with van der Waals surface area (Å²) in [5, 5.41) is 4.42. The number of hydrogen-bond acceptors (Lipinski definition) is 4. The van der Waals surface area contributed by atoms with Gasteiger partial charge in [-0.1, -0.05) is 158 Å². The van der Waals surface area contributed by atoms with Crippen LogP contribution in [0.15, 0.2) is 251 Å². The fourth-order valence-corrected chi connectivity index (χ4v) is 9.11. The highest BCUT2D eigenvalue weighted by atomic mass is 16.3. The van der Waals surface area contributed by atoms with E-state index >= 15 is 0 Å². The number of benzene rings is 10. The van der Waals surface area contributed by atoms with Crippen LogP contribution in [0.5, 0.6) is 0 Å². The maximum absolute atomic E-state index is 6.60. The largest absolute Gasteiger partial charge is 0.456 e. The van der Waals surface area contributed by atoms with E-state index in [0.29, 0.717) is 0 Å². The Morgan fingerprint density at radius 3 is 1.12 bits per heavy atom. The summed E-state index contributed by atoms with van der Waals surface area (Å²) in [6.45, 7) is 0. The van der Waals surface area contributed by atoms with E-state index in [2.05, 4.69) is 228 Å². The van der Waals surface area contributed by atoms with Crippen molar-refractivity contribution < 1.29 is 8.83 Å². The first-order valence-electron chi connectivity index (χ1n) is 21.7. The SMILES string of the molecule is c1ccc(-c2ccc(N(c3ccc(-c4ccc(N(c5ccc(-c6ccccc6)cc5)c5cccc6c5oc5ccccc56)cc4)cc3)c3ccc4c(c3)oc3ccccc34)cc2)cc1. The normalized spacial score (nSPS) is 11.4. The Kier molecular flexibility index (Phi) is 9.12. The fourth-order valence-electron chi connectivity index (χ4n) is 9.11. The van der Waals surface area contributed by atoms with Gasteiger partial charge in [-0.05, 0) is 112 Å². The first-order chi connectivity index (χ1) is 31.7. The van der Waals surface area contributed by atoms with Gasteiger partial charge in [0.25, 0.3) is 0 Å². The van der Waals surface area contributed by atoms with Crippen LogP contribution in [-0.2, 0) is 0 Å². The molecular formula is C60H40N2O2. The lowest BCUT2D eigenvalue weighted by molar-refractivity contribution is 0.668. The van der Waals surface area contributed by atoms with E-state index in [1.165, 1.54) is 22.3 Å². The van der Waals surface area contributed by atoms with Crippen LogP contribution in [-0.4, -0.2) is 0 Å². The van der Waals surface area contributed by atoms with Crippen molar-refractivity contribution in [3.05, 3.63) is 243 Å². The predicted octanol–water partition coefficient (Wildman–Crippen LogP) is 17.4. The molecule has 0 radical (unpaired) electrons. The minimum Gasteiger partial charge on any atom is -0.456 e. The molecule has 64 heavy (non-hydrogen) atoms. The van der Waals surface area contributed by atoms with Crippen molar-refractivity contribution in [3.8, 4) is 33.4 Å². The van der Waals surface area contributed by atoms with Crippen molar-refractivity contribution in [2.24, 2.45) is 0 Å². The molecule has 0 spiro atoms. The molecular weight excluding hydrogens is 781 g/mol. The molecule has 0 amide bonds. The molecule has 0 saturated heterocycles. The summed E-state index contributed by atoms with van der Waals surface area (Å²) in [7, 11) is 0. The van der Waals surface area contributed by atoms with Crippen LogP contribution in [0.4, 0.5) is 34.1 Å². The van der Waals surface area contributed by atoms with Crippen molar-refractivity contribution in [3.63, 3.8) is 0 Å². The third-order valence-electron chi connectivity index (χ3n) is 12.3. The average molecular weight is 821 g/mol. The Labute approximate surface area is 371 Å². The van der Waals surface area contributed by atoms with Gasteiger partial charge in [0.15, 0.2) is 5.58 Å². The van der Waals surface area contributed by atoms with E-state index < -0.39 is 0 Å². The van der Waals surface area contributed by atoms with Crippen LogP contribution in [0.2, 0.25) is 0 Å². The molecule has 0 aliphatic heterocycles. The number of para-hydroxylation sites is 3. The highest BCUT2D eigenvalue weighted by Crippen LogP contribution is 2.44. The minimum atomic E-state index is 0.856. The molecule has 0 bridgehead atoms. The second kappa shape index (κ2) is 15.7. The van der Waals surface area contributed by atoms with Crippen LogP contribution >= 0.6 is 0 Å². The van der Waals surface area contributed by atoms with Crippen LogP contribution in [0.25, 0.3) is 77.3 Å². The lowest BCUT2D eigenvalue weighted by Gasteiger charge is -2.26. The van der Waals surface area contributed by atoms with Crippen molar-refractivity contribution in [1.82, 2.24) is 0 Å². The second-order valence-corrected chi connectivity index (χ2v) is 16.1. The summed E-state index contributed by atoms with van der Waals surface area (Å²) in [5.41, 5.74) is 16.6. The molecule has 2 heterocycles. The van der Waals surface area contributed by atoms with Crippen molar-refractivity contribution >= 4 is 78.0 Å². The summed E-state index contributed by atoms with van der Waals surface area (Å²) in [6.07, 6.45) is 0. The quantitative estimate of drug-likeness (QED) is 0.145. The number of fused-ring (bicyclic) bond motifs is 6. The van der Waals surface area contributed by atoms with Crippen LogP contribution in [0.1, 0.15) is 0 Å². The van der Waals surface area contributed by atoms with Gasteiger partial charge in [-0.3, -0.25) is 0 Å². The first kappa shape index (κ1) is 37.2. The van der Waals surface area contributed by atoms with Crippen molar-refractivity contribution in [2.45, 2.75) is 0 Å². The van der Waals surface area contributed by atoms with E-state index in [-0.39, 0.29) is 0 Å². The van der Waals surface area contributed by atoms with Crippen molar-refractivity contribution in [1.29, 1.82) is 0 Å². The number of hydrogen-bond donors (Lipinski definition) is 0. The van der Waals surface area contributed by atoms with Crippen LogP contribution in [0, 0.1) is 0 Å². The number of nitrogens with zero attached hydrogens (tertiary/aromatic N) is 2. The van der Waals surface area contributed by atoms with Gasteiger partial charge >= 0.3 is 0 Å². The van der Waals surface area contributed by atoms with Crippen LogP contribution < -0.4 is 9.80 Å². The molecule has 0 atom stereocenters. The zero-order valence-corrected chi connectivity index (χ0v) is 34.8. The number of anilines is 6. The van der Waals surface area contributed by atoms with Crippen LogP contribution in [0.3, 0.4) is 0 Å². The molecule has 2 aromatic heterocycles. The lowest BCUT2D eigenvalue weighted by atomic mass is 10.0. The first-order valence-corrected chi connectivity index (χ1v) is 21.7. The van der Waals surface area contributed by atoms with Gasteiger partial charge < -0.3 is 18.6 Å². The van der Waals surface area contributed by atoms with Gasteiger partial charge in [0, 0.05) is 56.0 Å². The maximum atomic E-state index is 6.60. The third kappa shape index (κ3) is 6.66. The van der Waals surface area contributed by atoms with E-state index in [1.807, 2.05) is 24.3 Å². The van der Waals surface area contributed by atoms with E-state index in [1.54, 1.807) is 0 Å². The zero-order chi connectivity index (χ0) is 42.4. The fraction of sp³-hybridized carbons (Fsp3) is 0. The summed E-state index contributed by atoms with van der Waals surface area (Å²) < 4.78 is 13.0. The Morgan fingerprint density at radius 2 is 0.609 bits per heavy atom. The highest BCUT2D eigenvalue weighted by molar-refractivity contribution is 6.10. The topological polar surface area (TPSA) is 32.8 Å². The standard InChI is InChI=1S/C60H40N2O2/c1-3-12-41(13-4-1)43-22-30-47(31-23-43)61(51-38-39-54-52-16-7-9-20-57(52)63-59(54)40-51)48-32-24-45(25-33-48)46-28-36-50(37-29-46)62(49-34-26-44(27-35-49)42-14-5-2-6-15-42)56-19-11-18-55-53-17-8-10-21-58(53)64-60(55)56/h1-40H. The Balaban J connectivity index is 0.908. The summed E-state index contributed by atoms with van der Waals surface area (Å²) >= 11 is 0. The monoisotopic (exact) mass is 820 g/mol. The second-order valence-electron chi connectivity index (χ2n) is 16.1. The van der Waals surface area contributed by atoms with E-state index in [9.17, 15) is 0 Å². The molecule has 0 aliphatic carbocycles. The molecule has 12 aromatic rings. The Morgan fingerprint density at radius 1 is 0.234 bits per heavy atom. The van der Waals surface area contributed by atoms with Gasteiger partial charge in [-0.15, -0.1) is 0 Å². The summed E-state index contributed by atoms with van der Waals surface area (Å²) in [6, 6.07) is 85.7. The van der Waals surface area contributed by atoms with Gasteiger partial charge in [0.05, 0.1) is 5.69 Å². The van der Waals surface area contributed by atoms with Gasteiger partial charge in [-0.25, -0.2) is 0 Å². The molecule has 0 aliphatic rings. The highest BCUT2D eigenvalue weighted by Gasteiger charge is 2.20. The number of rotatable bonds is 9. The Bertz CT molecular complexity index is 3570. The molecule has 0 fully saturated rings. The molecule has 12 rings (SSSR count). The molecule has 4 nitrogen and oxygen atoms in total. The maximum Gasteiger partial charge on any atom is 0.159 e. The molecule has 4 heteroatoms. The minimum absolute atomic E-state index is 0.856. The zero-order valence-electron chi connectivity index (χ0n) is 34.8. The summed E-state index contributed by atoms with van der Waals surface area (Å²) in [5.74, 6) is 0. The smallest absolute Gasteiger partial charge is 0.159 e. The average Bonchev–Trinajstić information content (AvgIpc) is 3.94. The summed E-state index contributed by atoms with van der Waals surface area (Å²) in [4.78, 5) is 4.60. The third-order valence-corrected chi connectivity index (χ3v) is 12.3. The molecule has 0 saturated carbocycles. The van der Waals surface area contributed by atoms with E-state index in [0.717, 1.165) is 89.1 Å². The van der Waals surface area contributed by atoms with Gasteiger partial charge in [0.2, 0.25) is 0 Å². The molecule has 0 N–H and O–H groups in total. The molecule has 0 unspecified atom stereocenters. The molecule has 302 valence electrons. The predicted molar refractivity (Wildman–Crippen MR) is 267 cm³/mol. The Hall–Kier alpha value is -8.60. The number of furan rings is 2. The van der Waals surface area contributed by atoms with Crippen molar-refractivity contribution in [2.75, 3.05) is 9.80 Å². The van der Waals surface area contributed by atoms with Gasteiger partial charge in [-0.2, -0.15) is 0 Å².